The van der Waals surface area contributed by atoms with E-state index in [2.05, 4.69) is 17.2 Å². The van der Waals surface area contributed by atoms with Crippen molar-refractivity contribution in [2.24, 2.45) is 23.7 Å². The van der Waals surface area contributed by atoms with E-state index in [4.69, 9.17) is 4.74 Å². The number of rotatable bonds is 4. The molecule has 8 nitrogen and oxygen atoms in total. The molecule has 2 amide bonds. The van der Waals surface area contributed by atoms with E-state index in [1.54, 1.807) is 0 Å². The number of hydrogen-bond donors (Lipinski definition) is 1. The summed E-state index contributed by atoms with van der Waals surface area (Å²) >= 11 is 0. The fourth-order valence-corrected chi connectivity index (χ4v) is 7.76. The Hall–Kier alpha value is -3.66. The minimum atomic E-state index is -0.878. The lowest BCUT2D eigenvalue weighted by Gasteiger charge is -2.46. The summed E-state index contributed by atoms with van der Waals surface area (Å²) in [6, 6.07) is 6.11. The second kappa shape index (κ2) is 9.19. The summed E-state index contributed by atoms with van der Waals surface area (Å²) in [6.45, 7) is 2.56. The summed E-state index contributed by atoms with van der Waals surface area (Å²) in [7, 11) is 0. The molecule has 3 saturated carbocycles. The van der Waals surface area contributed by atoms with E-state index in [1.807, 2.05) is 0 Å². The number of amides is 2. The van der Waals surface area contributed by atoms with Gasteiger partial charge in [0.1, 0.15) is 29.6 Å². The maximum Gasteiger partial charge on any atom is 0.257 e. The number of hydrogen-bond acceptors (Lipinski definition) is 5. The summed E-state index contributed by atoms with van der Waals surface area (Å²) < 4.78 is 35.4. The number of morpholine rings is 1. The molecule has 0 radical (unpaired) electrons. The number of fused-ring (bicyclic) bond motifs is 2. The van der Waals surface area contributed by atoms with Crippen LogP contribution in [0.1, 0.15) is 49.4 Å². The quantitative estimate of drug-likeness (QED) is 0.533. The van der Waals surface area contributed by atoms with Gasteiger partial charge in [-0.1, -0.05) is 0 Å². The molecule has 3 aromatic rings. The van der Waals surface area contributed by atoms with Crippen molar-refractivity contribution in [3.63, 3.8) is 0 Å². The van der Waals surface area contributed by atoms with E-state index in [0.29, 0.717) is 18.4 Å². The SMILES string of the molecule is CC1(NC(=O)c2cn(-c3ccc(F)cc3F)c3nc(N4CCOCC4=O)ccc3c2=O)CC2CC3CC(C1)C3C2. The minimum Gasteiger partial charge on any atom is -0.370 e. The Morgan fingerprint density at radius 3 is 2.75 bits per heavy atom. The lowest BCUT2D eigenvalue weighted by molar-refractivity contribution is -0.125. The van der Waals surface area contributed by atoms with Crippen LogP contribution in [0.3, 0.4) is 0 Å². The number of carbonyl (C=O) groups is 2. The van der Waals surface area contributed by atoms with Gasteiger partial charge in [-0.3, -0.25) is 23.9 Å². The summed E-state index contributed by atoms with van der Waals surface area (Å²) in [6.07, 6.45) is 6.66. The Morgan fingerprint density at radius 1 is 1.10 bits per heavy atom. The Labute approximate surface area is 229 Å². The topological polar surface area (TPSA) is 93.5 Å². The molecule has 1 aromatic carbocycles. The molecule has 208 valence electrons. The normalized spacial score (nSPS) is 29.3. The highest BCUT2D eigenvalue weighted by Crippen LogP contribution is 2.60. The predicted molar refractivity (Wildman–Crippen MR) is 143 cm³/mol. The third-order valence-electron chi connectivity index (χ3n) is 9.44. The van der Waals surface area contributed by atoms with Crippen molar-refractivity contribution in [1.82, 2.24) is 14.9 Å². The molecule has 1 N–H and O–H groups in total. The van der Waals surface area contributed by atoms with Crippen LogP contribution >= 0.6 is 0 Å². The number of ether oxygens (including phenoxy) is 1. The number of nitrogens with zero attached hydrogens (tertiary/aromatic N) is 3. The van der Waals surface area contributed by atoms with Gasteiger partial charge in [0.25, 0.3) is 11.8 Å². The number of halogens is 2. The zero-order valence-corrected chi connectivity index (χ0v) is 22.2. The molecule has 3 aliphatic carbocycles. The van der Waals surface area contributed by atoms with Gasteiger partial charge >= 0.3 is 0 Å². The molecule has 1 aliphatic heterocycles. The van der Waals surface area contributed by atoms with E-state index >= 15 is 4.39 Å². The third-order valence-corrected chi connectivity index (χ3v) is 9.44. The van der Waals surface area contributed by atoms with Crippen LogP contribution in [0.4, 0.5) is 14.6 Å². The highest BCUT2D eigenvalue weighted by atomic mass is 19.1. The Balaban J connectivity index is 1.32. The second-order valence-electron chi connectivity index (χ2n) is 12.2. The molecule has 0 spiro atoms. The second-order valence-corrected chi connectivity index (χ2v) is 12.2. The summed E-state index contributed by atoms with van der Waals surface area (Å²) in [4.78, 5) is 45.9. The molecule has 5 atom stereocenters. The van der Waals surface area contributed by atoms with Gasteiger partial charge in [0, 0.05) is 17.8 Å². The van der Waals surface area contributed by atoms with Gasteiger partial charge in [0.05, 0.1) is 24.2 Å². The first-order chi connectivity index (χ1) is 19.2. The minimum absolute atomic E-state index is 0.0577. The van der Waals surface area contributed by atoms with Crippen molar-refractivity contribution in [2.45, 2.75) is 44.6 Å². The van der Waals surface area contributed by atoms with E-state index in [9.17, 15) is 18.8 Å². The molecule has 4 aliphatic rings. The maximum absolute atomic E-state index is 15.1. The number of pyridine rings is 2. The molecule has 2 bridgehead atoms. The largest absolute Gasteiger partial charge is 0.370 e. The molecule has 1 saturated heterocycles. The van der Waals surface area contributed by atoms with Crippen LogP contribution in [0.15, 0.2) is 41.3 Å². The smallest absolute Gasteiger partial charge is 0.257 e. The molecule has 3 heterocycles. The van der Waals surface area contributed by atoms with Gasteiger partial charge in [-0.2, -0.15) is 0 Å². The van der Waals surface area contributed by atoms with Crippen LogP contribution in [-0.2, 0) is 9.53 Å². The van der Waals surface area contributed by atoms with Crippen molar-refractivity contribution in [3.8, 4) is 5.69 Å². The molecule has 2 aromatic heterocycles. The van der Waals surface area contributed by atoms with E-state index in [0.717, 1.165) is 36.8 Å². The van der Waals surface area contributed by atoms with Gasteiger partial charge in [-0.15, -0.1) is 0 Å². The van der Waals surface area contributed by atoms with E-state index in [1.165, 1.54) is 53.1 Å². The molecule has 40 heavy (non-hydrogen) atoms. The molecule has 10 heteroatoms. The Bertz CT molecular complexity index is 1620. The first-order valence-corrected chi connectivity index (χ1v) is 13.9. The Morgan fingerprint density at radius 2 is 1.95 bits per heavy atom. The highest BCUT2D eigenvalue weighted by Gasteiger charge is 2.53. The van der Waals surface area contributed by atoms with Crippen molar-refractivity contribution in [3.05, 3.63) is 63.9 Å². The fraction of sp³-hybridized carbons (Fsp3) is 0.467. The zero-order valence-electron chi connectivity index (χ0n) is 22.2. The number of nitrogens with one attached hydrogen (secondary N) is 1. The van der Waals surface area contributed by atoms with Crippen molar-refractivity contribution < 1.29 is 23.1 Å². The van der Waals surface area contributed by atoms with Gasteiger partial charge in [0.2, 0.25) is 5.43 Å². The maximum atomic E-state index is 15.1. The van der Waals surface area contributed by atoms with E-state index < -0.39 is 28.5 Å². The van der Waals surface area contributed by atoms with Crippen molar-refractivity contribution in [1.29, 1.82) is 0 Å². The van der Waals surface area contributed by atoms with Gasteiger partial charge in [0.15, 0.2) is 5.65 Å². The van der Waals surface area contributed by atoms with Crippen molar-refractivity contribution in [2.75, 3.05) is 24.7 Å². The monoisotopic (exact) mass is 548 g/mol. The summed E-state index contributed by atoms with van der Waals surface area (Å²) in [5.41, 5.74) is -1.14. The van der Waals surface area contributed by atoms with Crippen LogP contribution in [0.5, 0.6) is 0 Å². The van der Waals surface area contributed by atoms with Crippen LogP contribution in [0.2, 0.25) is 0 Å². The van der Waals surface area contributed by atoms with Gasteiger partial charge < -0.3 is 10.1 Å². The molecule has 4 fully saturated rings. The molecule has 5 unspecified atom stereocenters. The summed E-state index contributed by atoms with van der Waals surface area (Å²) in [5.74, 6) is 0.567. The number of carbonyl (C=O) groups excluding carboxylic acids is 2. The molecular formula is C30H30F2N4O4. The zero-order chi connectivity index (χ0) is 27.8. The first kappa shape index (κ1) is 25.3. The Kier molecular flexibility index (Phi) is 5.82. The van der Waals surface area contributed by atoms with E-state index in [-0.39, 0.29) is 47.2 Å². The van der Waals surface area contributed by atoms with Crippen LogP contribution in [0.25, 0.3) is 16.7 Å². The van der Waals surface area contributed by atoms with Crippen LogP contribution < -0.4 is 15.6 Å². The predicted octanol–water partition coefficient (Wildman–Crippen LogP) is 3.97. The molecular weight excluding hydrogens is 518 g/mol. The number of benzene rings is 1. The molecule has 7 rings (SSSR count). The highest BCUT2D eigenvalue weighted by molar-refractivity contribution is 5.99. The average Bonchev–Trinajstić information content (AvgIpc) is 3.17. The number of aromatic nitrogens is 2. The average molecular weight is 549 g/mol. The lowest BCUT2D eigenvalue weighted by atomic mass is 9.62. The standard InChI is InChI=1S/C30H30F2N4O4/c1-30(12-16-8-17-10-18(13-30)21(17)9-16)34-29(39)22-14-36(24-4-2-19(31)11-23(24)32)28-20(27(22)38)3-5-25(33-28)35-6-7-40-15-26(35)37/h2-5,11,14,16-18,21H,6-10,12-13,15H2,1H3,(H,34,39). The van der Waals surface area contributed by atoms with Gasteiger partial charge in [-0.05, 0) is 87.0 Å². The van der Waals surface area contributed by atoms with Crippen LogP contribution in [0, 0.1) is 35.3 Å². The summed E-state index contributed by atoms with van der Waals surface area (Å²) in [5, 5.41) is 3.27. The van der Waals surface area contributed by atoms with Gasteiger partial charge in [-0.25, -0.2) is 13.8 Å². The lowest BCUT2D eigenvalue weighted by Crippen LogP contribution is -2.51. The van der Waals surface area contributed by atoms with Crippen molar-refractivity contribution >= 4 is 28.7 Å². The third kappa shape index (κ3) is 4.11. The van der Waals surface area contributed by atoms with Crippen LogP contribution in [-0.4, -0.2) is 46.7 Å². The fourth-order valence-electron chi connectivity index (χ4n) is 7.76. The number of anilines is 1. The first-order valence-electron chi connectivity index (χ1n) is 13.9.